The van der Waals surface area contributed by atoms with Crippen LogP contribution in [0.5, 0.6) is 0 Å². The van der Waals surface area contributed by atoms with Gasteiger partial charge in [0.05, 0.1) is 0 Å². The molecule has 0 spiro atoms. The van der Waals surface area contributed by atoms with Crippen LogP contribution in [0.1, 0.15) is 32.6 Å². The monoisotopic (exact) mass is 238 g/mol. The number of alkyl halides is 3. The second-order valence-corrected chi connectivity index (χ2v) is 4.24. The summed E-state index contributed by atoms with van der Waals surface area (Å²) in [6, 6.07) is 0. The first kappa shape index (κ1) is 15.4. The molecular weight excluding hydrogens is 217 g/mol. The summed E-state index contributed by atoms with van der Waals surface area (Å²) in [7, 11) is 0. The lowest BCUT2D eigenvalue weighted by molar-refractivity contribution is -0.136. The van der Waals surface area contributed by atoms with E-state index in [1.54, 1.807) is 6.08 Å². The average molecular weight is 238 g/mol. The molecule has 0 aliphatic rings. The number of rotatable bonds is 8. The van der Waals surface area contributed by atoms with Crippen molar-refractivity contribution in [1.82, 2.24) is 5.32 Å². The maximum Gasteiger partial charge on any atom is 0.389 e. The first-order chi connectivity index (χ1) is 7.33. The van der Waals surface area contributed by atoms with E-state index in [9.17, 15) is 13.2 Å². The Morgan fingerprint density at radius 2 is 1.94 bits per heavy atom. The van der Waals surface area contributed by atoms with Gasteiger partial charge in [-0.05, 0) is 32.7 Å². The number of nitrogens with one attached hydrogen (secondary N) is 1. The Kier molecular flexibility index (Phi) is 6.67. The third kappa shape index (κ3) is 7.70. The highest BCUT2D eigenvalue weighted by Gasteiger charge is 2.29. The zero-order chi connectivity index (χ0) is 12.7. The largest absolute Gasteiger partial charge is 0.389 e. The minimum Gasteiger partial charge on any atom is -0.329 e. The van der Waals surface area contributed by atoms with Crippen LogP contribution in [0.15, 0.2) is 12.7 Å². The van der Waals surface area contributed by atoms with Crippen LogP contribution in [0.4, 0.5) is 13.2 Å². The summed E-state index contributed by atoms with van der Waals surface area (Å²) in [5.74, 6) is 0. The van der Waals surface area contributed by atoms with Crippen LogP contribution >= 0.6 is 0 Å². The highest BCUT2D eigenvalue weighted by atomic mass is 19.4. The molecule has 5 heteroatoms. The van der Waals surface area contributed by atoms with Gasteiger partial charge in [0.2, 0.25) is 0 Å². The van der Waals surface area contributed by atoms with E-state index in [-0.39, 0.29) is 6.42 Å². The molecule has 0 aromatic heterocycles. The third-order valence-corrected chi connectivity index (χ3v) is 2.54. The summed E-state index contributed by atoms with van der Waals surface area (Å²) < 4.78 is 35.9. The van der Waals surface area contributed by atoms with Crippen molar-refractivity contribution in [3.63, 3.8) is 0 Å². The number of halogens is 3. The van der Waals surface area contributed by atoms with Crippen molar-refractivity contribution in [2.24, 2.45) is 5.73 Å². The lowest BCUT2D eigenvalue weighted by atomic mass is 9.94. The minimum atomic E-state index is -4.07. The van der Waals surface area contributed by atoms with Crippen molar-refractivity contribution in [2.75, 3.05) is 13.1 Å². The quantitative estimate of drug-likeness (QED) is 0.504. The van der Waals surface area contributed by atoms with Crippen LogP contribution in [-0.4, -0.2) is 24.8 Å². The van der Waals surface area contributed by atoms with Crippen molar-refractivity contribution in [1.29, 1.82) is 0 Å². The van der Waals surface area contributed by atoms with Crippen LogP contribution in [-0.2, 0) is 0 Å². The summed E-state index contributed by atoms with van der Waals surface area (Å²) in [6.45, 7) is 6.47. The lowest BCUT2D eigenvalue weighted by Gasteiger charge is -2.29. The molecule has 0 radical (unpaired) electrons. The molecule has 0 saturated heterocycles. The normalized spacial score (nSPS) is 15.8. The zero-order valence-corrected chi connectivity index (χ0v) is 9.74. The topological polar surface area (TPSA) is 38.0 Å². The number of nitrogens with two attached hydrogens (primary N) is 1. The summed E-state index contributed by atoms with van der Waals surface area (Å²) in [4.78, 5) is 0. The summed E-state index contributed by atoms with van der Waals surface area (Å²) >= 11 is 0. The lowest BCUT2D eigenvalue weighted by Crippen LogP contribution is -2.49. The van der Waals surface area contributed by atoms with Gasteiger partial charge in [-0.3, -0.25) is 0 Å². The van der Waals surface area contributed by atoms with E-state index in [1.807, 2.05) is 6.92 Å². The molecule has 0 fully saturated rings. The van der Waals surface area contributed by atoms with Gasteiger partial charge in [0.25, 0.3) is 0 Å². The molecule has 0 heterocycles. The fourth-order valence-corrected chi connectivity index (χ4v) is 1.42. The van der Waals surface area contributed by atoms with E-state index in [1.165, 1.54) is 0 Å². The van der Waals surface area contributed by atoms with Crippen LogP contribution < -0.4 is 11.1 Å². The minimum absolute atomic E-state index is 0.109. The molecule has 3 N–H and O–H groups in total. The summed E-state index contributed by atoms with van der Waals surface area (Å²) in [6.07, 6.45) is -1.73. The maximum absolute atomic E-state index is 12.0. The predicted molar refractivity (Wildman–Crippen MR) is 60.2 cm³/mol. The van der Waals surface area contributed by atoms with Gasteiger partial charge in [0.1, 0.15) is 0 Å². The first-order valence-corrected chi connectivity index (χ1v) is 5.46. The smallest absolute Gasteiger partial charge is 0.329 e. The molecule has 0 saturated carbocycles. The first-order valence-electron chi connectivity index (χ1n) is 5.46. The Morgan fingerprint density at radius 1 is 1.31 bits per heavy atom. The van der Waals surface area contributed by atoms with Crippen molar-refractivity contribution >= 4 is 0 Å². The summed E-state index contributed by atoms with van der Waals surface area (Å²) in [5, 5.41) is 3.17. The van der Waals surface area contributed by atoms with Gasteiger partial charge >= 0.3 is 6.18 Å². The maximum atomic E-state index is 12.0. The highest BCUT2D eigenvalue weighted by Crippen LogP contribution is 2.24. The second-order valence-electron chi connectivity index (χ2n) is 4.24. The third-order valence-electron chi connectivity index (χ3n) is 2.54. The molecule has 1 unspecified atom stereocenters. The van der Waals surface area contributed by atoms with Gasteiger partial charge in [0.15, 0.2) is 0 Å². The molecule has 0 rings (SSSR count). The highest BCUT2D eigenvalue weighted by molar-refractivity contribution is 4.85. The SMILES string of the molecule is C=CCCNC(C)(CN)CCCC(F)(F)F. The van der Waals surface area contributed by atoms with Crippen LogP contribution in [0.3, 0.4) is 0 Å². The van der Waals surface area contributed by atoms with Gasteiger partial charge in [-0.1, -0.05) is 6.08 Å². The van der Waals surface area contributed by atoms with Crippen LogP contribution in [0, 0.1) is 0 Å². The molecule has 0 aromatic carbocycles. The van der Waals surface area contributed by atoms with Crippen LogP contribution in [0.25, 0.3) is 0 Å². The van der Waals surface area contributed by atoms with Crippen molar-refractivity contribution < 1.29 is 13.2 Å². The van der Waals surface area contributed by atoms with Crippen molar-refractivity contribution in [3.8, 4) is 0 Å². The van der Waals surface area contributed by atoms with Gasteiger partial charge in [-0.15, -0.1) is 6.58 Å². The second kappa shape index (κ2) is 6.91. The van der Waals surface area contributed by atoms with E-state index in [0.717, 1.165) is 6.42 Å². The van der Waals surface area contributed by atoms with Gasteiger partial charge in [0, 0.05) is 18.5 Å². The van der Waals surface area contributed by atoms with Gasteiger partial charge < -0.3 is 11.1 Å². The Labute approximate surface area is 95.1 Å². The Bertz CT molecular complexity index is 204. The van der Waals surface area contributed by atoms with E-state index >= 15 is 0 Å². The van der Waals surface area contributed by atoms with Crippen molar-refractivity contribution in [3.05, 3.63) is 12.7 Å². The van der Waals surface area contributed by atoms with Crippen molar-refractivity contribution in [2.45, 2.75) is 44.3 Å². The Balaban J connectivity index is 3.91. The number of hydrogen-bond donors (Lipinski definition) is 2. The van der Waals surface area contributed by atoms with Gasteiger partial charge in [-0.2, -0.15) is 13.2 Å². The van der Waals surface area contributed by atoms with E-state index in [2.05, 4.69) is 11.9 Å². The molecule has 96 valence electrons. The fraction of sp³-hybridized carbons (Fsp3) is 0.818. The van der Waals surface area contributed by atoms with E-state index in [0.29, 0.717) is 19.5 Å². The summed E-state index contributed by atoms with van der Waals surface area (Å²) in [5.41, 5.74) is 5.16. The molecule has 16 heavy (non-hydrogen) atoms. The molecule has 2 nitrogen and oxygen atoms in total. The Morgan fingerprint density at radius 3 is 2.38 bits per heavy atom. The molecule has 0 bridgehead atoms. The molecular formula is C11H21F3N2. The number of hydrogen-bond acceptors (Lipinski definition) is 2. The predicted octanol–water partition coefficient (Wildman–Crippen LogP) is 2.60. The zero-order valence-electron chi connectivity index (χ0n) is 9.74. The molecule has 1 atom stereocenters. The standard InChI is InChI=1S/C11H21F3N2/c1-3-4-8-16-10(2,9-15)6-5-7-11(12,13)14/h3,16H,1,4-9,15H2,2H3. The van der Waals surface area contributed by atoms with E-state index in [4.69, 9.17) is 5.73 Å². The average Bonchev–Trinajstić information content (AvgIpc) is 2.16. The molecule has 0 aliphatic heterocycles. The molecule has 0 aromatic rings. The van der Waals surface area contributed by atoms with Gasteiger partial charge in [-0.25, -0.2) is 0 Å². The molecule has 0 amide bonds. The fourth-order valence-electron chi connectivity index (χ4n) is 1.42. The molecule has 0 aliphatic carbocycles. The van der Waals surface area contributed by atoms with Crippen LogP contribution in [0.2, 0.25) is 0 Å². The Hall–Kier alpha value is -0.550. The van der Waals surface area contributed by atoms with E-state index < -0.39 is 18.1 Å².